The Morgan fingerprint density at radius 2 is 1.51 bits per heavy atom. The highest BCUT2D eigenvalue weighted by molar-refractivity contribution is 7.80. The molecule has 1 aliphatic heterocycles. The molecule has 0 aliphatic carbocycles. The van der Waals surface area contributed by atoms with Gasteiger partial charge in [0.15, 0.2) is 5.11 Å². The molecule has 0 bridgehead atoms. The van der Waals surface area contributed by atoms with E-state index in [2.05, 4.69) is 62.4 Å². The SMILES string of the molecule is COc1ccc(-n2cccc2[C@H]2[C@@H](c3ccccn3)NC(=S)N2c2ccc(Oc3ccccc3C)cc2)cc1. The van der Waals surface area contributed by atoms with Crippen molar-refractivity contribution in [1.29, 1.82) is 0 Å². The molecule has 2 aromatic heterocycles. The molecule has 5 aromatic rings. The quantitative estimate of drug-likeness (QED) is 0.225. The van der Waals surface area contributed by atoms with E-state index in [1.807, 2.05) is 79.9 Å². The lowest BCUT2D eigenvalue weighted by Crippen LogP contribution is -2.30. The van der Waals surface area contributed by atoms with Crippen LogP contribution in [0.4, 0.5) is 5.69 Å². The van der Waals surface area contributed by atoms with E-state index in [0.717, 1.165) is 45.6 Å². The van der Waals surface area contributed by atoms with E-state index in [9.17, 15) is 0 Å². The summed E-state index contributed by atoms with van der Waals surface area (Å²) >= 11 is 5.93. The maximum absolute atomic E-state index is 6.15. The molecule has 0 amide bonds. The fourth-order valence-electron chi connectivity index (χ4n) is 5.02. The zero-order chi connectivity index (χ0) is 26.8. The number of nitrogens with zero attached hydrogens (tertiary/aromatic N) is 3. The van der Waals surface area contributed by atoms with Gasteiger partial charge in [-0.3, -0.25) is 4.98 Å². The molecule has 0 saturated carbocycles. The first-order chi connectivity index (χ1) is 19.1. The average Bonchev–Trinajstić information content (AvgIpc) is 3.59. The maximum Gasteiger partial charge on any atom is 0.174 e. The molecule has 6 rings (SSSR count). The van der Waals surface area contributed by atoms with Gasteiger partial charge in [-0.15, -0.1) is 0 Å². The van der Waals surface area contributed by atoms with E-state index in [-0.39, 0.29) is 12.1 Å². The summed E-state index contributed by atoms with van der Waals surface area (Å²) in [6.45, 7) is 2.04. The van der Waals surface area contributed by atoms with Crippen molar-refractivity contribution in [2.24, 2.45) is 0 Å². The monoisotopic (exact) mass is 532 g/mol. The number of aromatic nitrogens is 2. The Kier molecular flexibility index (Phi) is 6.73. The molecule has 0 unspecified atom stereocenters. The van der Waals surface area contributed by atoms with E-state index >= 15 is 0 Å². The first-order valence-corrected chi connectivity index (χ1v) is 13.2. The average molecular weight is 533 g/mol. The fourth-order valence-corrected chi connectivity index (χ4v) is 5.37. The van der Waals surface area contributed by atoms with Crippen molar-refractivity contribution in [3.05, 3.63) is 132 Å². The van der Waals surface area contributed by atoms with E-state index in [4.69, 9.17) is 21.7 Å². The Hall–Kier alpha value is -4.62. The number of nitrogens with one attached hydrogen (secondary N) is 1. The number of hydrogen-bond acceptors (Lipinski definition) is 4. The second kappa shape index (κ2) is 10.6. The highest BCUT2D eigenvalue weighted by Crippen LogP contribution is 2.42. The zero-order valence-electron chi connectivity index (χ0n) is 21.7. The fraction of sp³-hybridized carbons (Fsp3) is 0.125. The lowest BCUT2D eigenvalue weighted by molar-refractivity contribution is 0.414. The highest BCUT2D eigenvalue weighted by atomic mass is 32.1. The number of pyridine rings is 1. The maximum atomic E-state index is 6.15. The van der Waals surface area contributed by atoms with Gasteiger partial charge in [-0.1, -0.05) is 24.3 Å². The molecule has 39 heavy (non-hydrogen) atoms. The van der Waals surface area contributed by atoms with E-state index in [1.54, 1.807) is 7.11 Å². The highest BCUT2D eigenvalue weighted by Gasteiger charge is 2.42. The topological polar surface area (TPSA) is 51.5 Å². The predicted octanol–water partition coefficient (Wildman–Crippen LogP) is 7.16. The van der Waals surface area contributed by atoms with E-state index in [1.165, 1.54) is 0 Å². The first kappa shape index (κ1) is 24.7. The number of para-hydroxylation sites is 1. The van der Waals surface area contributed by atoms with Crippen molar-refractivity contribution in [3.8, 4) is 22.9 Å². The molecule has 1 fully saturated rings. The van der Waals surface area contributed by atoms with Crippen molar-refractivity contribution >= 4 is 23.0 Å². The summed E-state index contributed by atoms with van der Waals surface area (Å²) in [4.78, 5) is 6.85. The number of rotatable bonds is 7. The molecular weight excluding hydrogens is 504 g/mol. The number of thiocarbonyl (C=S) groups is 1. The Labute approximate surface area is 233 Å². The molecular formula is C32H28N4O2S. The lowest BCUT2D eigenvalue weighted by Gasteiger charge is -2.29. The van der Waals surface area contributed by atoms with Crippen LogP contribution >= 0.6 is 12.2 Å². The van der Waals surface area contributed by atoms with Crippen molar-refractivity contribution in [1.82, 2.24) is 14.9 Å². The molecule has 1 aliphatic rings. The molecule has 194 valence electrons. The summed E-state index contributed by atoms with van der Waals surface area (Å²) in [5.74, 6) is 2.43. The van der Waals surface area contributed by atoms with Crippen LogP contribution in [0, 0.1) is 6.92 Å². The number of methoxy groups -OCH3 is 1. The Morgan fingerprint density at radius 1 is 0.795 bits per heavy atom. The molecule has 0 radical (unpaired) electrons. The third-order valence-corrected chi connectivity index (χ3v) is 7.28. The standard InChI is InChI=1S/C32H28N4O2S/c1-22-8-3-4-11-29(22)38-26-18-14-24(15-19-26)36-31(30(34-32(36)39)27-9-5-6-20-33-27)28-10-7-21-35(28)23-12-16-25(37-2)17-13-23/h3-21,30-31H,1-2H3,(H,34,39)/t30-,31+/m1/s1. The van der Waals surface area contributed by atoms with Crippen molar-refractivity contribution in [2.75, 3.05) is 12.0 Å². The Morgan fingerprint density at radius 3 is 2.23 bits per heavy atom. The molecule has 0 spiro atoms. The van der Waals surface area contributed by atoms with Gasteiger partial charge in [-0.25, -0.2) is 0 Å². The Balaban J connectivity index is 1.39. The summed E-state index contributed by atoms with van der Waals surface area (Å²) in [6, 6.07) is 34.0. The van der Waals surface area contributed by atoms with Crippen LogP contribution < -0.4 is 19.7 Å². The summed E-state index contributed by atoms with van der Waals surface area (Å²) in [5, 5.41) is 4.19. The van der Waals surface area contributed by atoms with E-state index < -0.39 is 0 Å². The van der Waals surface area contributed by atoms with Crippen molar-refractivity contribution < 1.29 is 9.47 Å². The summed E-state index contributed by atoms with van der Waals surface area (Å²) in [7, 11) is 1.67. The zero-order valence-corrected chi connectivity index (χ0v) is 22.5. The van der Waals surface area contributed by atoms with Crippen LogP contribution in [0.3, 0.4) is 0 Å². The number of ether oxygens (including phenoxy) is 2. The normalized spacial score (nSPS) is 16.7. The molecule has 1 saturated heterocycles. The van der Waals surface area contributed by atoms with E-state index in [0.29, 0.717) is 5.11 Å². The van der Waals surface area contributed by atoms with Crippen molar-refractivity contribution in [2.45, 2.75) is 19.0 Å². The molecule has 7 heteroatoms. The molecule has 3 aromatic carbocycles. The summed E-state index contributed by atoms with van der Waals surface area (Å²) < 4.78 is 13.7. The molecule has 6 nitrogen and oxygen atoms in total. The molecule has 2 atom stereocenters. The minimum atomic E-state index is -0.146. The van der Waals surface area contributed by atoms with Crippen LogP contribution in [0.1, 0.15) is 29.0 Å². The number of hydrogen-bond donors (Lipinski definition) is 1. The van der Waals surface area contributed by atoms with Crippen molar-refractivity contribution in [3.63, 3.8) is 0 Å². The minimum absolute atomic E-state index is 0.145. The van der Waals surface area contributed by atoms with Crippen LogP contribution in [0.5, 0.6) is 17.2 Å². The van der Waals surface area contributed by atoms with Gasteiger partial charge in [-0.2, -0.15) is 0 Å². The lowest BCUT2D eigenvalue weighted by atomic mass is 10.0. The third kappa shape index (κ3) is 4.84. The van der Waals surface area contributed by atoms with Crippen LogP contribution in [0.2, 0.25) is 0 Å². The summed E-state index contributed by atoms with van der Waals surface area (Å²) in [6.07, 6.45) is 3.89. The van der Waals surface area contributed by atoms with Gasteiger partial charge in [0.25, 0.3) is 0 Å². The number of aryl methyl sites for hydroxylation is 1. The van der Waals surface area contributed by atoms with Gasteiger partial charge in [-0.05, 0) is 104 Å². The Bertz CT molecular complexity index is 1580. The third-order valence-electron chi connectivity index (χ3n) is 6.97. The van der Waals surface area contributed by atoms with Crippen LogP contribution in [-0.2, 0) is 0 Å². The summed E-state index contributed by atoms with van der Waals surface area (Å²) in [5.41, 5.74) is 5.10. The largest absolute Gasteiger partial charge is 0.497 e. The van der Waals surface area contributed by atoms with Crippen LogP contribution in [-0.4, -0.2) is 21.8 Å². The second-order valence-corrected chi connectivity index (χ2v) is 9.75. The minimum Gasteiger partial charge on any atom is -0.497 e. The van der Waals surface area contributed by atoms with Gasteiger partial charge >= 0.3 is 0 Å². The van der Waals surface area contributed by atoms with Gasteiger partial charge in [0, 0.05) is 29.5 Å². The smallest absolute Gasteiger partial charge is 0.174 e. The molecule has 3 heterocycles. The number of anilines is 1. The van der Waals surface area contributed by atoms with Crippen LogP contribution in [0.15, 0.2) is 116 Å². The van der Waals surface area contributed by atoms with Gasteiger partial charge in [0.05, 0.1) is 18.8 Å². The first-order valence-electron chi connectivity index (χ1n) is 12.8. The number of benzene rings is 3. The second-order valence-electron chi connectivity index (χ2n) is 9.36. The van der Waals surface area contributed by atoms with Gasteiger partial charge in [0.1, 0.15) is 23.3 Å². The van der Waals surface area contributed by atoms with Crippen LogP contribution in [0.25, 0.3) is 5.69 Å². The van der Waals surface area contributed by atoms with Gasteiger partial charge < -0.3 is 24.3 Å². The predicted molar refractivity (Wildman–Crippen MR) is 158 cm³/mol. The molecule has 1 N–H and O–H groups in total. The van der Waals surface area contributed by atoms with Gasteiger partial charge in [0.2, 0.25) is 0 Å².